The molecule has 0 spiro atoms. The summed E-state index contributed by atoms with van der Waals surface area (Å²) >= 11 is 1.39. The zero-order valence-corrected chi connectivity index (χ0v) is 17.6. The predicted molar refractivity (Wildman–Crippen MR) is 107 cm³/mol. The second-order valence-corrected chi connectivity index (χ2v) is 10.2. The molecule has 0 aromatic carbocycles. The van der Waals surface area contributed by atoms with Gasteiger partial charge in [0.15, 0.2) is 5.16 Å². The number of rotatable bonds is 8. The Morgan fingerprint density at radius 1 is 1.21 bits per heavy atom. The summed E-state index contributed by atoms with van der Waals surface area (Å²) in [6.45, 7) is 2.21. The number of thioether (sulfide) groups is 1. The van der Waals surface area contributed by atoms with E-state index in [0.717, 1.165) is 17.8 Å². The summed E-state index contributed by atoms with van der Waals surface area (Å²) in [5, 5.41) is 12.2. The fraction of sp³-hybridized carbons (Fsp3) is 0.800. The number of hydrogen-bond donors (Lipinski definition) is 2. The van der Waals surface area contributed by atoms with Crippen LogP contribution in [0.15, 0.2) is 5.16 Å². The summed E-state index contributed by atoms with van der Waals surface area (Å²) in [6, 6.07) is 0.236. The number of nitrogens with one attached hydrogen (secondary N) is 1. The zero-order valence-electron chi connectivity index (χ0n) is 16.8. The first-order valence-electron chi connectivity index (χ1n) is 10.4. The van der Waals surface area contributed by atoms with E-state index >= 15 is 0 Å². The molecule has 0 radical (unpaired) electrons. The lowest BCUT2D eigenvalue weighted by Crippen LogP contribution is -2.56. The highest BCUT2D eigenvalue weighted by Gasteiger charge is 2.53. The first-order valence-corrected chi connectivity index (χ1v) is 11.4. The van der Waals surface area contributed by atoms with Crippen LogP contribution in [0.1, 0.15) is 57.7 Å². The molecule has 4 bridgehead atoms. The molecular formula is C20H31N5O2S. The van der Waals surface area contributed by atoms with Crippen molar-refractivity contribution < 1.29 is 9.59 Å². The lowest BCUT2D eigenvalue weighted by molar-refractivity contribution is -0.123. The van der Waals surface area contributed by atoms with Crippen LogP contribution in [-0.4, -0.2) is 38.4 Å². The Bertz CT molecular complexity index is 726. The minimum Gasteiger partial charge on any atom is -0.370 e. The van der Waals surface area contributed by atoms with E-state index in [1.807, 2.05) is 11.6 Å². The topological polar surface area (TPSA) is 103 Å². The van der Waals surface area contributed by atoms with Gasteiger partial charge in [-0.25, -0.2) is 0 Å². The number of carbonyl (C=O) groups is 2. The van der Waals surface area contributed by atoms with Crippen molar-refractivity contribution in [1.82, 2.24) is 20.1 Å². The number of amides is 2. The van der Waals surface area contributed by atoms with Gasteiger partial charge in [-0.15, -0.1) is 10.2 Å². The van der Waals surface area contributed by atoms with Crippen LogP contribution in [0, 0.1) is 23.2 Å². The van der Waals surface area contributed by atoms with Gasteiger partial charge in [-0.2, -0.15) is 0 Å². The highest BCUT2D eigenvalue weighted by molar-refractivity contribution is 7.99. The predicted octanol–water partition coefficient (Wildman–Crippen LogP) is 2.05. The molecule has 0 unspecified atom stereocenters. The summed E-state index contributed by atoms with van der Waals surface area (Å²) < 4.78 is 1.84. The number of carbonyl (C=O) groups excluding carboxylic acids is 2. The van der Waals surface area contributed by atoms with Gasteiger partial charge in [-0.3, -0.25) is 9.59 Å². The molecule has 4 aliphatic rings. The Kier molecular flexibility index (Phi) is 5.42. The van der Waals surface area contributed by atoms with Crippen LogP contribution in [0.25, 0.3) is 0 Å². The summed E-state index contributed by atoms with van der Waals surface area (Å²) in [5.74, 6) is 3.42. The van der Waals surface area contributed by atoms with Crippen LogP contribution in [0.2, 0.25) is 0 Å². The summed E-state index contributed by atoms with van der Waals surface area (Å²) in [5.41, 5.74) is 5.52. The van der Waals surface area contributed by atoms with Gasteiger partial charge in [0.25, 0.3) is 0 Å². The van der Waals surface area contributed by atoms with Crippen LogP contribution in [0.4, 0.5) is 0 Å². The van der Waals surface area contributed by atoms with Crippen molar-refractivity contribution in [3.8, 4) is 0 Å². The molecule has 2 amide bonds. The fourth-order valence-electron chi connectivity index (χ4n) is 6.20. The lowest BCUT2D eigenvalue weighted by atomic mass is 9.48. The number of primary amides is 1. The first-order chi connectivity index (χ1) is 13.3. The first kappa shape index (κ1) is 19.7. The molecule has 3 N–H and O–H groups in total. The van der Waals surface area contributed by atoms with Crippen molar-refractivity contribution in [3.63, 3.8) is 0 Å². The van der Waals surface area contributed by atoms with E-state index in [2.05, 4.69) is 22.4 Å². The molecule has 1 aromatic rings. The monoisotopic (exact) mass is 405 g/mol. The Balaban J connectivity index is 1.30. The van der Waals surface area contributed by atoms with Gasteiger partial charge in [0, 0.05) is 25.9 Å². The van der Waals surface area contributed by atoms with E-state index in [1.165, 1.54) is 50.3 Å². The third kappa shape index (κ3) is 3.93. The molecular weight excluding hydrogens is 374 g/mol. The average Bonchev–Trinajstić information content (AvgIpc) is 2.97. The number of aryl methyl sites for hydroxylation is 1. The SMILES string of the molecule is C[C@H](NC(=O)CSc1nnc(CCC(N)=O)n1C)C12CC3CC(CC(C3)C1)C2. The number of nitrogens with two attached hydrogens (primary N) is 1. The normalized spacial score (nSPS) is 31.7. The average molecular weight is 406 g/mol. The molecule has 7 nitrogen and oxygen atoms in total. The molecule has 1 atom stereocenters. The van der Waals surface area contributed by atoms with Crippen LogP contribution >= 0.6 is 11.8 Å². The third-order valence-corrected chi connectivity index (χ3v) is 8.25. The molecule has 8 heteroatoms. The van der Waals surface area contributed by atoms with Gasteiger partial charge >= 0.3 is 0 Å². The van der Waals surface area contributed by atoms with E-state index in [9.17, 15) is 9.59 Å². The van der Waals surface area contributed by atoms with Crippen molar-refractivity contribution >= 4 is 23.6 Å². The quantitative estimate of drug-likeness (QED) is 0.644. The molecule has 28 heavy (non-hydrogen) atoms. The van der Waals surface area contributed by atoms with Crippen molar-refractivity contribution in [2.24, 2.45) is 36.0 Å². The van der Waals surface area contributed by atoms with Crippen molar-refractivity contribution in [2.45, 2.75) is 69.5 Å². The Labute approximate surface area is 170 Å². The molecule has 4 aliphatic carbocycles. The van der Waals surface area contributed by atoms with E-state index in [1.54, 1.807) is 0 Å². The number of hydrogen-bond acceptors (Lipinski definition) is 5. The second-order valence-electron chi connectivity index (χ2n) is 9.28. The fourth-order valence-corrected chi connectivity index (χ4v) is 6.94. The van der Waals surface area contributed by atoms with Crippen molar-refractivity contribution in [2.75, 3.05) is 5.75 Å². The van der Waals surface area contributed by atoms with Crippen molar-refractivity contribution in [3.05, 3.63) is 5.82 Å². The highest BCUT2D eigenvalue weighted by atomic mass is 32.2. The Morgan fingerprint density at radius 2 is 1.82 bits per heavy atom. The maximum absolute atomic E-state index is 12.6. The standard InChI is InChI=1S/C20H31N5O2S/c1-12(20-8-13-5-14(9-20)7-15(6-13)10-20)22-18(27)11-28-19-24-23-17(25(19)2)4-3-16(21)26/h12-15H,3-11H2,1-2H3,(H2,21,26)(H,22,27)/t12-,13?,14?,15?,20?/m0/s1. The van der Waals surface area contributed by atoms with E-state index in [-0.39, 0.29) is 24.3 Å². The van der Waals surface area contributed by atoms with Crippen LogP contribution in [0.3, 0.4) is 0 Å². The van der Waals surface area contributed by atoms with Gasteiger partial charge in [-0.1, -0.05) is 11.8 Å². The van der Waals surface area contributed by atoms with Gasteiger partial charge in [0.05, 0.1) is 5.75 Å². The van der Waals surface area contributed by atoms with E-state index in [0.29, 0.717) is 28.6 Å². The minimum atomic E-state index is -0.352. The lowest BCUT2D eigenvalue weighted by Gasteiger charge is -2.59. The van der Waals surface area contributed by atoms with Crippen LogP contribution < -0.4 is 11.1 Å². The molecule has 154 valence electrons. The highest BCUT2D eigenvalue weighted by Crippen LogP contribution is 2.61. The maximum Gasteiger partial charge on any atom is 0.230 e. The minimum absolute atomic E-state index is 0.0648. The van der Waals surface area contributed by atoms with Gasteiger partial charge in [-0.05, 0) is 68.6 Å². The zero-order chi connectivity index (χ0) is 19.9. The van der Waals surface area contributed by atoms with Crippen molar-refractivity contribution in [1.29, 1.82) is 0 Å². The van der Waals surface area contributed by atoms with Crippen LogP contribution in [-0.2, 0) is 23.1 Å². The third-order valence-electron chi connectivity index (χ3n) is 7.23. The molecule has 1 aromatic heterocycles. The van der Waals surface area contributed by atoms with E-state index < -0.39 is 0 Å². The molecule has 1 heterocycles. The number of aromatic nitrogens is 3. The van der Waals surface area contributed by atoms with Gasteiger partial charge in [0.1, 0.15) is 5.82 Å². The Hall–Kier alpha value is -1.57. The smallest absolute Gasteiger partial charge is 0.230 e. The second kappa shape index (κ2) is 7.69. The molecule has 0 saturated heterocycles. The largest absolute Gasteiger partial charge is 0.370 e. The van der Waals surface area contributed by atoms with Crippen LogP contribution in [0.5, 0.6) is 0 Å². The summed E-state index contributed by atoms with van der Waals surface area (Å²) in [6.07, 6.45) is 8.84. The summed E-state index contributed by atoms with van der Waals surface area (Å²) in [7, 11) is 1.86. The summed E-state index contributed by atoms with van der Waals surface area (Å²) in [4.78, 5) is 23.5. The molecule has 4 saturated carbocycles. The molecule has 5 rings (SSSR count). The molecule has 0 aliphatic heterocycles. The molecule has 4 fully saturated rings. The van der Waals surface area contributed by atoms with Gasteiger partial charge < -0.3 is 15.6 Å². The maximum atomic E-state index is 12.6. The van der Waals surface area contributed by atoms with Gasteiger partial charge in [0.2, 0.25) is 11.8 Å². The van der Waals surface area contributed by atoms with E-state index in [4.69, 9.17) is 5.73 Å². The Morgan fingerprint density at radius 3 is 2.39 bits per heavy atom. The number of nitrogens with zero attached hydrogens (tertiary/aromatic N) is 3.